The molecule has 0 saturated heterocycles. The van der Waals surface area contributed by atoms with E-state index < -0.39 is 9.05 Å². The molecule has 0 amide bonds. The maximum atomic E-state index is 11.3. The Morgan fingerprint density at radius 2 is 1.94 bits per heavy atom. The first-order chi connectivity index (χ1) is 8.36. The van der Waals surface area contributed by atoms with Gasteiger partial charge in [0.15, 0.2) is 5.03 Å². The van der Waals surface area contributed by atoms with Gasteiger partial charge in [0.2, 0.25) is 0 Å². The Morgan fingerprint density at radius 3 is 2.50 bits per heavy atom. The Labute approximate surface area is 111 Å². The van der Waals surface area contributed by atoms with E-state index in [1.165, 1.54) is 10.1 Å². The third kappa shape index (κ3) is 2.94. The van der Waals surface area contributed by atoms with Gasteiger partial charge in [0, 0.05) is 23.9 Å². The highest BCUT2D eigenvalue weighted by Crippen LogP contribution is 2.20. The van der Waals surface area contributed by atoms with E-state index in [1.54, 1.807) is 19.3 Å². The standard InChI is InChI=1S/C13H14ClNO2S/c1-10-4-3-5-11(6-10)7-12-8-13(15(2)9-12)18(14,16)17/h3-6,8-9H,7H2,1-2H3. The van der Waals surface area contributed by atoms with Crippen LogP contribution >= 0.6 is 10.7 Å². The summed E-state index contributed by atoms with van der Waals surface area (Å²) in [6.45, 7) is 2.03. The van der Waals surface area contributed by atoms with Crippen LogP contribution in [0.5, 0.6) is 0 Å². The second-order valence-electron chi connectivity index (χ2n) is 4.40. The lowest BCUT2D eigenvalue weighted by molar-refractivity contribution is 0.600. The number of benzene rings is 1. The fourth-order valence-corrected chi connectivity index (χ4v) is 3.16. The van der Waals surface area contributed by atoms with Crippen molar-refractivity contribution in [3.8, 4) is 0 Å². The summed E-state index contributed by atoms with van der Waals surface area (Å²) >= 11 is 0. The van der Waals surface area contributed by atoms with Crippen LogP contribution in [0.25, 0.3) is 0 Å². The molecule has 2 aromatic rings. The van der Waals surface area contributed by atoms with Crippen molar-refractivity contribution in [3.05, 3.63) is 53.2 Å². The molecule has 0 atom stereocenters. The smallest absolute Gasteiger partial charge is 0.276 e. The fourth-order valence-electron chi connectivity index (χ4n) is 2.01. The molecule has 0 spiro atoms. The van der Waals surface area contributed by atoms with Gasteiger partial charge in [-0.25, -0.2) is 8.42 Å². The van der Waals surface area contributed by atoms with E-state index in [9.17, 15) is 8.42 Å². The van der Waals surface area contributed by atoms with Crippen LogP contribution in [0, 0.1) is 6.92 Å². The first-order valence-electron chi connectivity index (χ1n) is 5.52. The van der Waals surface area contributed by atoms with Crippen LogP contribution in [0.15, 0.2) is 41.6 Å². The Kier molecular flexibility index (Phi) is 3.50. The zero-order valence-corrected chi connectivity index (χ0v) is 11.8. The molecule has 0 unspecified atom stereocenters. The quantitative estimate of drug-likeness (QED) is 0.813. The van der Waals surface area contributed by atoms with Gasteiger partial charge in [0.05, 0.1) is 0 Å². The molecule has 3 nitrogen and oxygen atoms in total. The van der Waals surface area contributed by atoms with Crippen LogP contribution < -0.4 is 0 Å². The molecule has 1 aromatic carbocycles. The first-order valence-corrected chi connectivity index (χ1v) is 7.82. The van der Waals surface area contributed by atoms with E-state index in [0.717, 1.165) is 11.1 Å². The Morgan fingerprint density at radius 1 is 1.22 bits per heavy atom. The maximum absolute atomic E-state index is 11.3. The van der Waals surface area contributed by atoms with E-state index in [2.05, 4.69) is 6.07 Å². The van der Waals surface area contributed by atoms with Gasteiger partial charge in [-0.3, -0.25) is 0 Å². The van der Waals surface area contributed by atoms with E-state index in [-0.39, 0.29) is 5.03 Å². The number of nitrogens with zero attached hydrogens (tertiary/aromatic N) is 1. The summed E-state index contributed by atoms with van der Waals surface area (Å²) < 4.78 is 24.2. The number of hydrogen-bond donors (Lipinski definition) is 0. The lowest BCUT2D eigenvalue weighted by Crippen LogP contribution is -1.97. The molecule has 0 aliphatic carbocycles. The van der Waals surface area contributed by atoms with E-state index >= 15 is 0 Å². The van der Waals surface area contributed by atoms with Gasteiger partial charge in [0.25, 0.3) is 9.05 Å². The SMILES string of the molecule is Cc1cccc(Cc2cc(S(=O)(=O)Cl)n(C)c2)c1. The minimum atomic E-state index is -3.68. The van der Waals surface area contributed by atoms with Crippen molar-refractivity contribution in [3.63, 3.8) is 0 Å². The van der Waals surface area contributed by atoms with Crippen molar-refractivity contribution in [2.45, 2.75) is 18.4 Å². The number of aromatic nitrogens is 1. The Hall–Kier alpha value is -1.26. The third-order valence-corrected chi connectivity index (χ3v) is 4.14. The van der Waals surface area contributed by atoms with Gasteiger partial charge in [-0.1, -0.05) is 29.8 Å². The molecule has 0 bridgehead atoms. The van der Waals surface area contributed by atoms with Crippen LogP contribution in [0.4, 0.5) is 0 Å². The maximum Gasteiger partial charge on any atom is 0.276 e. The van der Waals surface area contributed by atoms with Gasteiger partial charge in [0.1, 0.15) is 0 Å². The Bertz CT molecular complexity index is 674. The summed E-state index contributed by atoms with van der Waals surface area (Å²) in [4.78, 5) is 0. The normalized spacial score (nSPS) is 11.7. The van der Waals surface area contributed by atoms with E-state index in [4.69, 9.17) is 10.7 Å². The van der Waals surface area contributed by atoms with Crippen molar-refractivity contribution in [1.29, 1.82) is 0 Å². The van der Waals surface area contributed by atoms with Crippen molar-refractivity contribution < 1.29 is 8.42 Å². The number of halogens is 1. The summed E-state index contributed by atoms with van der Waals surface area (Å²) in [6.07, 6.45) is 2.49. The van der Waals surface area contributed by atoms with Crippen molar-refractivity contribution in [2.75, 3.05) is 0 Å². The number of aryl methyl sites for hydroxylation is 2. The van der Waals surface area contributed by atoms with Crippen LogP contribution in [0.2, 0.25) is 0 Å². The predicted molar refractivity (Wildman–Crippen MR) is 72.4 cm³/mol. The summed E-state index contributed by atoms with van der Waals surface area (Å²) in [5.41, 5.74) is 3.27. The van der Waals surface area contributed by atoms with Gasteiger partial charge in [-0.2, -0.15) is 0 Å². The lowest BCUT2D eigenvalue weighted by Gasteiger charge is -2.00. The molecule has 0 radical (unpaired) electrons. The highest BCUT2D eigenvalue weighted by Gasteiger charge is 2.15. The average Bonchev–Trinajstić information content (AvgIpc) is 2.59. The van der Waals surface area contributed by atoms with Crippen LogP contribution in [0.1, 0.15) is 16.7 Å². The monoisotopic (exact) mass is 283 g/mol. The minimum absolute atomic E-state index is 0.131. The summed E-state index contributed by atoms with van der Waals surface area (Å²) in [7, 11) is 3.35. The zero-order valence-electron chi connectivity index (χ0n) is 10.2. The molecule has 5 heteroatoms. The molecule has 1 heterocycles. The fraction of sp³-hybridized carbons (Fsp3) is 0.231. The Balaban J connectivity index is 2.31. The molecule has 0 fully saturated rings. The first kappa shape index (κ1) is 13.2. The molecule has 0 saturated carbocycles. The zero-order chi connectivity index (χ0) is 13.3. The van der Waals surface area contributed by atoms with E-state index in [0.29, 0.717) is 6.42 Å². The number of hydrogen-bond acceptors (Lipinski definition) is 2. The second kappa shape index (κ2) is 4.78. The third-order valence-electron chi connectivity index (χ3n) is 2.76. The van der Waals surface area contributed by atoms with Crippen LogP contribution in [-0.2, 0) is 22.5 Å². The van der Waals surface area contributed by atoms with Gasteiger partial charge >= 0.3 is 0 Å². The van der Waals surface area contributed by atoms with Crippen molar-refractivity contribution in [2.24, 2.45) is 7.05 Å². The summed E-state index contributed by atoms with van der Waals surface area (Å²) in [5, 5.41) is 0.131. The van der Waals surface area contributed by atoms with Crippen molar-refractivity contribution in [1.82, 2.24) is 4.57 Å². The molecule has 0 N–H and O–H groups in total. The predicted octanol–water partition coefficient (Wildman–Crippen LogP) is 2.85. The van der Waals surface area contributed by atoms with Crippen LogP contribution in [0.3, 0.4) is 0 Å². The lowest BCUT2D eigenvalue weighted by atomic mass is 10.1. The summed E-state index contributed by atoms with van der Waals surface area (Å²) in [6, 6.07) is 9.75. The molecule has 2 rings (SSSR count). The highest BCUT2D eigenvalue weighted by molar-refractivity contribution is 8.13. The molecular weight excluding hydrogens is 270 g/mol. The van der Waals surface area contributed by atoms with Gasteiger partial charge in [-0.05, 0) is 30.5 Å². The molecule has 0 aliphatic rings. The second-order valence-corrected chi connectivity index (χ2v) is 6.91. The van der Waals surface area contributed by atoms with E-state index in [1.807, 2.05) is 25.1 Å². The van der Waals surface area contributed by atoms with Gasteiger partial charge < -0.3 is 4.57 Å². The van der Waals surface area contributed by atoms with Gasteiger partial charge in [-0.15, -0.1) is 0 Å². The molecular formula is C13H14ClNO2S. The largest absolute Gasteiger partial charge is 0.341 e. The summed E-state index contributed by atoms with van der Waals surface area (Å²) in [5.74, 6) is 0. The van der Waals surface area contributed by atoms with Crippen LogP contribution in [-0.4, -0.2) is 13.0 Å². The molecule has 96 valence electrons. The minimum Gasteiger partial charge on any atom is -0.341 e. The molecule has 18 heavy (non-hydrogen) atoms. The highest BCUT2D eigenvalue weighted by atomic mass is 35.7. The number of rotatable bonds is 3. The molecule has 0 aliphatic heterocycles. The molecule has 1 aromatic heterocycles. The topological polar surface area (TPSA) is 39.1 Å². The average molecular weight is 284 g/mol. The van der Waals surface area contributed by atoms with Crippen molar-refractivity contribution >= 4 is 19.7 Å².